The average Bonchev–Trinajstić information content (AvgIpc) is 2.30. The first-order valence-corrected chi connectivity index (χ1v) is 5.82. The summed E-state index contributed by atoms with van der Waals surface area (Å²) in [6.45, 7) is 0. The molecule has 0 fully saturated rings. The number of hydrogen-bond acceptors (Lipinski definition) is 1. The zero-order valence-electron chi connectivity index (χ0n) is 9.00. The molecule has 94 valence electrons. The third-order valence-electron chi connectivity index (χ3n) is 2.45. The summed E-state index contributed by atoms with van der Waals surface area (Å²) in [5.41, 5.74) is 0.380. The zero-order chi connectivity index (χ0) is 13.3. The van der Waals surface area contributed by atoms with Crippen LogP contribution in [0.25, 0.3) is 0 Å². The predicted molar refractivity (Wildman–Crippen MR) is 66.9 cm³/mol. The monoisotopic (exact) mass is 288 g/mol. The van der Waals surface area contributed by atoms with E-state index in [1.165, 1.54) is 12.1 Å². The van der Waals surface area contributed by atoms with Crippen molar-refractivity contribution in [1.82, 2.24) is 0 Å². The second-order valence-electron chi connectivity index (χ2n) is 3.77. The average molecular weight is 289 g/mol. The van der Waals surface area contributed by atoms with Crippen LogP contribution in [-0.2, 0) is 0 Å². The molecule has 1 N–H and O–H groups in total. The van der Waals surface area contributed by atoms with Gasteiger partial charge >= 0.3 is 0 Å². The third-order valence-corrected chi connectivity index (χ3v) is 3.03. The minimum Gasteiger partial charge on any atom is -0.384 e. The van der Waals surface area contributed by atoms with Crippen LogP contribution in [0.4, 0.5) is 8.78 Å². The molecular formula is C13H8Cl2F2O. The third kappa shape index (κ3) is 2.80. The van der Waals surface area contributed by atoms with E-state index in [9.17, 15) is 13.9 Å². The van der Waals surface area contributed by atoms with E-state index in [-0.39, 0.29) is 10.6 Å². The Morgan fingerprint density at radius 3 is 2.17 bits per heavy atom. The van der Waals surface area contributed by atoms with Crippen LogP contribution in [-0.4, -0.2) is 5.11 Å². The van der Waals surface area contributed by atoms with Crippen molar-refractivity contribution >= 4 is 23.2 Å². The van der Waals surface area contributed by atoms with Gasteiger partial charge in [0.25, 0.3) is 0 Å². The highest BCUT2D eigenvalue weighted by Gasteiger charge is 2.16. The predicted octanol–water partition coefficient (Wildman–Crippen LogP) is 4.35. The lowest BCUT2D eigenvalue weighted by Crippen LogP contribution is -2.02. The Hall–Kier alpha value is -1.16. The van der Waals surface area contributed by atoms with E-state index in [2.05, 4.69) is 0 Å². The molecule has 0 aliphatic carbocycles. The molecule has 2 aromatic rings. The quantitative estimate of drug-likeness (QED) is 0.871. The van der Waals surface area contributed by atoms with Gasteiger partial charge in [0.2, 0.25) is 0 Å². The van der Waals surface area contributed by atoms with E-state index >= 15 is 0 Å². The van der Waals surface area contributed by atoms with Crippen molar-refractivity contribution in [2.45, 2.75) is 6.10 Å². The molecule has 0 saturated carbocycles. The Morgan fingerprint density at radius 1 is 0.944 bits per heavy atom. The summed E-state index contributed by atoms with van der Waals surface area (Å²) >= 11 is 11.7. The van der Waals surface area contributed by atoms with Crippen molar-refractivity contribution in [3.05, 3.63) is 69.2 Å². The molecule has 0 heterocycles. The van der Waals surface area contributed by atoms with Gasteiger partial charge in [0.05, 0.1) is 0 Å². The maximum Gasteiger partial charge on any atom is 0.126 e. The van der Waals surface area contributed by atoms with Crippen LogP contribution in [0.1, 0.15) is 17.2 Å². The molecule has 1 unspecified atom stereocenters. The van der Waals surface area contributed by atoms with E-state index in [0.29, 0.717) is 10.6 Å². The first-order chi connectivity index (χ1) is 8.47. The lowest BCUT2D eigenvalue weighted by molar-refractivity contribution is 0.219. The number of rotatable bonds is 2. The number of aliphatic hydroxyl groups excluding tert-OH is 1. The van der Waals surface area contributed by atoms with Crippen molar-refractivity contribution in [3.8, 4) is 0 Å². The van der Waals surface area contributed by atoms with Gasteiger partial charge in [-0.2, -0.15) is 0 Å². The van der Waals surface area contributed by atoms with Gasteiger partial charge in [-0.05, 0) is 35.9 Å². The first-order valence-electron chi connectivity index (χ1n) is 5.06. The summed E-state index contributed by atoms with van der Waals surface area (Å²) in [5, 5.41) is 10.7. The van der Waals surface area contributed by atoms with Crippen molar-refractivity contribution < 1.29 is 13.9 Å². The van der Waals surface area contributed by atoms with E-state index in [1.54, 1.807) is 6.07 Å². The first kappa shape index (κ1) is 13.3. The molecule has 0 amide bonds. The fourth-order valence-electron chi connectivity index (χ4n) is 1.64. The summed E-state index contributed by atoms with van der Waals surface area (Å²) in [4.78, 5) is 0. The smallest absolute Gasteiger partial charge is 0.126 e. The molecule has 0 spiro atoms. The lowest BCUT2D eigenvalue weighted by atomic mass is 10.0. The second kappa shape index (κ2) is 5.22. The maximum absolute atomic E-state index is 13.1. The number of halogens is 4. The molecule has 0 aromatic heterocycles. The highest BCUT2D eigenvalue weighted by molar-refractivity contribution is 6.33. The number of aliphatic hydroxyl groups is 1. The summed E-state index contributed by atoms with van der Waals surface area (Å²) < 4.78 is 26.1. The Balaban J connectivity index is 2.47. The molecule has 5 heteroatoms. The van der Waals surface area contributed by atoms with Crippen LogP contribution >= 0.6 is 23.2 Å². The van der Waals surface area contributed by atoms with Crippen molar-refractivity contribution in [2.24, 2.45) is 0 Å². The van der Waals surface area contributed by atoms with Gasteiger partial charge in [-0.15, -0.1) is 0 Å². The van der Waals surface area contributed by atoms with Crippen LogP contribution in [0, 0.1) is 11.6 Å². The maximum atomic E-state index is 13.1. The topological polar surface area (TPSA) is 20.2 Å². The van der Waals surface area contributed by atoms with Crippen LogP contribution in [0.2, 0.25) is 10.0 Å². The minimum absolute atomic E-state index is 0.0802. The zero-order valence-corrected chi connectivity index (χ0v) is 10.5. The summed E-state index contributed by atoms with van der Waals surface area (Å²) in [5.74, 6) is -1.52. The Kier molecular flexibility index (Phi) is 3.85. The molecule has 0 radical (unpaired) electrons. The standard InChI is InChI=1S/C13H8Cl2F2O/c14-8-1-2-12(15)11(5-8)13(18)7-3-9(16)6-10(17)4-7/h1-6,13,18H. The van der Waals surface area contributed by atoms with E-state index in [4.69, 9.17) is 23.2 Å². The molecule has 0 aliphatic rings. The molecule has 18 heavy (non-hydrogen) atoms. The second-order valence-corrected chi connectivity index (χ2v) is 4.61. The fraction of sp³-hybridized carbons (Fsp3) is 0.0769. The SMILES string of the molecule is OC(c1cc(F)cc(F)c1)c1cc(Cl)ccc1Cl. The van der Waals surface area contributed by atoms with Crippen LogP contribution < -0.4 is 0 Å². The van der Waals surface area contributed by atoms with Crippen LogP contribution in [0.15, 0.2) is 36.4 Å². The molecule has 2 rings (SSSR count). The van der Waals surface area contributed by atoms with Crippen molar-refractivity contribution in [3.63, 3.8) is 0 Å². The van der Waals surface area contributed by atoms with Crippen molar-refractivity contribution in [1.29, 1.82) is 0 Å². The molecular weight excluding hydrogens is 281 g/mol. The van der Waals surface area contributed by atoms with Crippen LogP contribution in [0.3, 0.4) is 0 Å². The molecule has 1 nitrogen and oxygen atoms in total. The fourth-order valence-corrected chi connectivity index (χ4v) is 2.04. The van der Waals surface area contributed by atoms with Gasteiger partial charge in [0.15, 0.2) is 0 Å². The van der Waals surface area contributed by atoms with E-state index in [0.717, 1.165) is 18.2 Å². The van der Waals surface area contributed by atoms with Gasteiger partial charge in [0.1, 0.15) is 17.7 Å². The van der Waals surface area contributed by atoms with Gasteiger partial charge in [-0.1, -0.05) is 23.2 Å². The van der Waals surface area contributed by atoms with Gasteiger partial charge in [-0.3, -0.25) is 0 Å². The number of benzene rings is 2. The Labute approximate surface area is 113 Å². The number of hydrogen-bond donors (Lipinski definition) is 1. The Morgan fingerprint density at radius 2 is 1.56 bits per heavy atom. The van der Waals surface area contributed by atoms with Gasteiger partial charge < -0.3 is 5.11 Å². The Bertz CT molecular complexity index is 567. The summed E-state index contributed by atoms with van der Waals surface area (Å²) in [6.07, 6.45) is -1.23. The highest BCUT2D eigenvalue weighted by atomic mass is 35.5. The molecule has 0 aliphatic heterocycles. The highest BCUT2D eigenvalue weighted by Crippen LogP contribution is 2.31. The summed E-state index contributed by atoms with van der Waals surface area (Å²) in [6, 6.07) is 7.35. The van der Waals surface area contributed by atoms with Crippen LogP contribution in [0.5, 0.6) is 0 Å². The normalized spacial score (nSPS) is 12.5. The molecule has 0 saturated heterocycles. The van der Waals surface area contributed by atoms with Crippen molar-refractivity contribution in [2.75, 3.05) is 0 Å². The molecule has 2 aromatic carbocycles. The van der Waals surface area contributed by atoms with Gasteiger partial charge in [-0.25, -0.2) is 8.78 Å². The van der Waals surface area contributed by atoms with Gasteiger partial charge in [0, 0.05) is 21.7 Å². The summed E-state index contributed by atoms with van der Waals surface area (Å²) in [7, 11) is 0. The largest absolute Gasteiger partial charge is 0.384 e. The molecule has 1 atom stereocenters. The molecule has 0 bridgehead atoms. The van der Waals surface area contributed by atoms with E-state index in [1.807, 2.05) is 0 Å². The lowest BCUT2D eigenvalue weighted by Gasteiger charge is -2.13. The van der Waals surface area contributed by atoms with E-state index < -0.39 is 17.7 Å². The minimum atomic E-state index is -1.23.